The van der Waals surface area contributed by atoms with Gasteiger partial charge in [-0.1, -0.05) is 18.2 Å². The number of methoxy groups -OCH3 is 2. The number of rotatable bonds is 6. The molecule has 158 valence electrons. The number of hydrogen-bond donors (Lipinski definition) is 2. The molecule has 1 heterocycles. The third kappa shape index (κ3) is 4.74. The molecule has 0 fully saturated rings. The Hall–Kier alpha value is -3.48. The fourth-order valence-electron chi connectivity index (χ4n) is 3.09. The molecule has 0 aliphatic carbocycles. The molecule has 2 amide bonds. The van der Waals surface area contributed by atoms with E-state index in [0.29, 0.717) is 28.2 Å². The van der Waals surface area contributed by atoms with Gasteiger partial charge in [0, 0.05) is 10.9 Å². The normalized spacial score (nSPS) is 11.2. The van der Waals surface area contributed by atoms with E-state index in [0.717, 1.165) is 5.56 Å². The molecular formula is C23H26N2O5. The van der Waals surface area contributed by atoms with Gasteiger partial charge in [0.15, 0.2) is 11.5 Å². The number of furan rings is 1. The minimum absolute atomic E-state index is 0.0757. The average Bonchev–Trinajstić information content (AvgIpc) is 3.05. The van der Waals surface area contributed by atoms with Crippen molar-refractivity contribution in [3.05, 3.63) is 53.8 Å². The van der Waals surface area contributed by atoms with Crippen molar-refractivity contribution in [3.8, 4) is 11.5 Å². The van der Waals surface area contributed by atoms with Crippen molar-refractivity contribution < 1.29 is 23.5 Å². The highest BCUT2D eigenvalue weighted by Gasteiger charge is 2.25. The molecule has 7 nitrogen and oxygen atoms in total. The number of fused-ring (bicyclic) bond motifs is 1. The molecule has 0 aliphatic rings. The van der Waals surface area contributed by atoms with Crippen molar-refractivity contribution in [3.63, 3.8) is 0 Å². The Morgan fingerprint density at radius 1 is 1.00 bits per heavy atom. The summed E-state index contributed by atoms with van der Waals surface area (Å²) in [5, 5.41) is 6.39. The van der Waals surface area contributed by atoms with Crippen LogP contribution in [0.25, 0.3) is 11.0 Å². The molecule has 0 saturated heterocycles. The maximum atomic E-state index is 12.8. The van der Waals surface area contributed by atoms with E-state index in [2.05, 4.69) is 10.6 Å². The van der Waals surface area contributed by atoms with Gasteiger partial charge in [0.2, 0.25) is 11.7 Å². The second-order valence-corrected chi connectivity index (χ2v) is 7.92. The maximum Gasteiger partial charge on any atom is 0.289 e. The van der Waals surface area contributed by atoms with Crippen molar-refractivity contribution in [2.45, 2.75) is 32.7 Å². The quantitative estimate of drug-likeness (QED) is 0.637. The first-order valence-corrected chi connectivity index (χ1v) is 9.56. The number of benzene rings is 2. The molecule has 3 rings (SSSR count). The Balaban J connectivity index is 1.88. The summed E-state index contributed by atoms with van der Waals surface area (Å²) in [4.78, 5) is 25.5. The molecule has 7 heteroatoms. The average molecular weight is 410 g/mol. The molecule has 0 saturated carbocycles. The summed E-state index contributed by atoms with van der Waals surface area (Å²) >= 11 is 0. The van der Waals surface area contributed by atoms with E-state index >= 15 is 0 Å². The topological polar surface area (TPSA) is 89.8 Å². The summed E-state index contributed by atoms with van der Waals surface area (Å²) in [6.45, 7) is 5.63. The first-order chi connectivity index (χ1) is 14.2. The molecule has 0 bridgehead atoms. The summed E-state index contributed by atoms with van der Waals surface area (Å²) < 4.78 is 16.3. The standard InChI is InChI=1S/C23H26N2O5/c1-23(2,3)25-22(27)21-20(15-8-6-7-9-16(15)30-21)24-19(26)13-14-10-11-17(28-4)18(12-14)29-5/h6-12H,13H2,1-5H3,(H,24,26)(H,25,27). The lowest BCUT2D eigenvalue weighted by molar-refractivity contribution is -0.115. The van der Waals surface area contributed by atoms with Gasteiger partial charge in [0.05, 0.1) is 20.6 Å². The number of anilines is 1. The van der Waals surface area contributed by atoms with Crippen molar-refractivity contribution in [2.75, 3.05) is 19.5 Å². The number of ether oxygens (including phenoxy) is 2. The highest BCUT2D eigenvalue weighted by molar-refractivity contribution is 6.11. The molecular weight excluding hydrogens is 384 g/mol. The van der Waals surface area contributed by atoms with Crippen LogP contribution in [0.15, 0.2) is 46.9 Å². The number of para-hydroxylation sites is 1. The summed E-state index contributed by atoms with van der Waals surface area (Å²) in [5.41, 5.74) is 1.19. The van der Waals surface area contributed by atoms with Crippen LogP contribution in [-0.2, 0) is 11.2 Å². The second kappa shape index (κ2) is 8.49. The first kappa shape index (κ1) is 21.2. The van der Waals surface area contributed by atoms with E-state index in [1.54, 1.807) is 44.6 Å². The van der Waals surface area contributed by atoms with Crippen LogP contribution >= 0.6 is 0 Å². The summed E-state index contributed by atoms with van der Waals surface area (Å²) in [7, 11) is 3.10. The van der Waals surface area contributed by atoms with Crippen LogP contribution in [0.3, 0.4) is 0 Å². The van der Waals surface area contributed by atoms with Gasteiger partial charge in [-0.2, -0.15) is 0 Å². The summed E-state index contributed by atoms with van der Waals surface area (Å²) in [5.74, 6) is 0.538. The number of carbonyl (C=O) groups is 2. The van der Waals surface area contributed by atoms with E-state index in [9.17, 15) is 9.59 Å². The molecule has 0 unspecified atom stereocenters. The Labute approximate surface area is 175 Å². The lowest BCUT2D eigenvalue weighted by Crippen LogP contribution is -2.40. The van der Waals surface area contributed by atoms with Crippen LogP contribution in [0.2, 0.25) is 0 Å². The van der Waals surface area contributed by atoms with Gasteiger partial charge in [-0.25, -0.2) is 0 Å². The minimum atomic E-state index is -0.447. The van der Waals surface area contributed by atoms with Crippen LogP contribution in [-0.4, -0.2) is 31.6 Å². The van der Waals surface area contributed by atoms with Gasteiger partial charge < -0.3 is 24.5 Å². The maximum absolute atomic E-state index is 12.8. The largest absolute Gasteiger partial charge is 0.493 e. The van der Waals surface area contributed by atoms with Crippen molar-refractivity contribution in [1.29, 1.82) is 0 Å². The lowest BCUT2D eigenvalue weighted by atomic mass is 10.1. The summed E-state index contributed by atoms with van der Waals surface area (Å²) in [6, 6.07) is 12.5. The van der Waals surface area contributed by atoms with Gasteiger partial charge >= 0.3 is 0 Å². The van der Waals surface area contributed by atoms with Crippen molar-refractivity contribution >= 4 is 28.5 Å². The van der Waals surface area contributed by atoms with Gasteiger partial charge in [0.1, 0.15) is 11.3 Å². The van der Waals surface area contributed by atoms with Crippen molar-refractivity contribution in [2.24, 2.45) is 0 Å². The van der Waals surface area contributed by atoms with Crippen LogP contribution in [0.1, 0.15) is 36.9 Å². The van der Waals surface area contributed by atoms with Gasteiger partial charge in [-0.05, 0) is 50.6 Å². The van der Waals surface area contributed by atoms with E-state index in [-0.39, 0.29) is 24.0 Å². The SMILES string of the molecule is COc1ccc(CC(=O)Nc2c(C(=O)NC(C)(C)C)oc3ccccc23)cc1OC. The Bertz CT molecular complexity index is 1080. The van der Waals surface area contributed by atoms with Crippen molar-refractivity contribution in [1.82, 2.24) is 5.32 Å². The molecule has 3 aromatic rings. The van der Waals surface area contributed by atoms with E-state index in [1.165, 1.54) is 0 Å². The monoisotopic (exact) mass is 410 g/mol. The molecule has 0 aliphatic heterocycles. The summed E-state index contributed by atoms with van der Waals surface area (Å²) in [6.07, 6.45) is 0.0974. The number of nitrogens with one attached hydrogen (secondary N) is 2. The van der Waals surface area contributed by atoms with Gasteiger partial charge in [0.25, 0.3) is 5.91 Å². The van der Waals surface area contributed by atoms with Crippen LogP contribution in [0.4, 0.5) is 5.69 Å². The molecule has 0 atom stereocenters. The molecule has 2 N–H and O–H groups in total. The molecule has 0 radical (unpaired) electrons. The highest BCUT2D eigenvalue weighted by Crippen LogP contribution is 2.32. The zero-order chi connectivity index (χ0) is 21.9. The smallest absolute Gasteiger partial charge is 0.289 e. The predicted molar refractivity (Wildman–Crippen MR) is 115 cm³/mol. The molecule has 30 heavy (non-hydrogen) atoms. The van der Waals surface area contributed by atoms with E-state index in [1.807, 2.05) is 32.9 Å². The zero-order valence-electron chi connectivity index (χ0n) is 17.8. The van der Waals surface area contributed by atoms with Crippen LogP contribution < -0.4 is 20.1 Å². The Morgan fingerprint density at radius 2 is 1.70 bits per heavy atom. The Kier molecular flexibility index (Phi) is 6.01. The fraction of sp³-hybridized carbons (Fsp3) is 0.304. The molecule has 0 spiro atoms. The first-order valence-electron chi connectivity index (χ1n) is 9.56. The third-order valence-corrected chi connectivity index (χ3v) is 4.37. The molecule has 1 aromatic heterocycles. The van der Waals surface area contributed by atoms with E-state index in [4.69, 9.17) is 13.9 Å². The number of carbonyl (C=O) groups excluding carboxylic acids is 2. The van der Waals surface area contributed by atoms with Crippen LogP contribution in [0, 0.1) is 0 Å². The van der Waals surface area contributed by atoms with E-state index < -0.39 is 5.54 Å². The Morgan fingerprint density at radius 3 is 2.37 bits per heavy atom. The third-order valence-electron chi connectivity index (χ3n) is 4.37. The highest BCUT2D eigenvalue weighted by atomic mass is 16.5. The van der Waals surface area contributed by atoms with Gasteiger partial charge in [-0.3, -0.25) is 9.59 Å². The zero-order valence-corrected chi connectivity index (χ0v) is 17.8. The second-order valence-electron chi connectivity index (χ2n) is 7.92. The minimum Gasteiger partial charge on any atom is -0.493 e. The fourth-order valence-corrected chi connectivity index (χ4v) is 3.09. The lowest BCUT2D eigenvalue weighted by Gasteiger charge is -2.20. The number of amides is 2. The van der Waals surface area contributed by atoms with Gasteiger partial charge in [-0.15, -0.1) is 0 Å². The van der Waals surface area contributed by atoms with Crippen LogP contribution in [0.5, 0.6) is 11.5 Å². The predicted octanol–water partition coefficient (Wildman–Crippen LogP) is 4.16. The number of hydrogen-bond acceptors (Lipinski definition) is 5. The molecule has 2 aromatic carbocycles.